The second-order valence-corrected chi connectivity index (χ2v) is 7.04. The number of carbonyl (C=O) groups excluding carboxylic acids is 1. The Labute approximate surface area is 167 Å². The molecule has 0 radical (unpaired) electrons. The molecule has 156 valence electrons. The van der Waals surface area contributed by atoms with Crippen LogP contribution in [0.1, 0.15) is 34.3 Å². The van der Waals surface area contributed by atoms with Crippen molar-refractivity contribution in [2.45, 2.75) is 25.2 Å². The first kappa shape index (κ1) is 21.3. The van der Waals surface area contributed by atoms with Gasteiger partial charge in [-0.25, -0.2) is 0 Å². The van der Waals surface area contributed by atoms with Gasteiger partial charge in [0.25, 0.3) is 5.91 Å². The largest absolute Gasteiger partial charge is 0.416 e. The zero-order valence-electron chi connectivity index (χ0n) is 14.8. The monoisotopic (exact) mass is 436 g/mol. The quantitative estimate of drug-likeness (QED) is 0.578. The lowest BCUT2D eigenvalue weighted by Gasteiger charge is -2.22. The molecule has 0 unspecified atom stereocenters. The molecule has 3 rings (SSSR count). The molecule has 10 heteroatoms. The number of hydrogen-bond donors (Lipinski definition) is 1. The minimum Gasteiger partial charge on any atom is -0.370 e. The van der Waals surface area contributed by atoms with Crippen molar-refractivity contribution >= 4 is 28.9 Å². The smallest absolute Gasteiger partial charge is 0.370 e. The van der Waals surface area contributed by atoms with Crippen LogP contribution in [-0.2, 0) is 12.4 Å². The maximum absolute atomic E-state index is 13.0. The highest BCUT2D eigenvalue weighted by molar-refractivity contribution is 6.31. The molecule has 2 aromatic rings. The van der Waals surface area contributed by atoms with Gasteiger partial charge in [0, 0.05) is 23.7 Å². The first-order valence-electron chi connectivity index (χ1n) is 8.60. The van der Waals surface area contributed by atoms with E-state index in [-0.39, 0.29) is 16.8 Å². The fraction of sp³-hybridized carbons (Fsp3) is 0.316. The van der Waals surface area contributed by atoms with E-state index in [1.807, 2.05) is 4.90 Å². The summed E-state index contributed by atoms with van der Waals surface area (Å²) in [6.45, 7) is 1.43. The summed E-state index contributed by atoms with van der Waals surface area (Å²) in [6.07, 6.45) is -8.21. The number of nitrogens with one attached hydrogen (secondary N) is 1. The Kier molecular flexibility index (Phi) is 5.71. The third-order valence-corrected chi connectivity index (χ3v) is 4.74. The van der Waals surface area contributed by atoms with Crippen LogP contribution >= 0.6 is 11.6 Å². The van der Waals surface area contributed by atoms with E-state index in [1.165, 1.54) is 6.07 Å². The lowest BCUT2D eigenvalue weighted by atomic mass is 10.0. The average molecular weight is 437 g/mol. The van der Waals surface area contributed by atoms with Crippen LogP contribution in [0.5, 0.6) is 0 Å². The van der Waals surface area contributed by atoms with Gasteiger partial charge in [0.2, 0.25) is 0 Å². The van der Waals surface area contributed by atoms with Crippen molar-refractivity contribution in [1.82, 2.24) is 0 Å². The van der Waals surface area contributed by atoms with Crippen LogP contribution in [0, 0.1) is 0 Å². The molecule has 29 heavy (non-hydrogen) atoms. The number of rotatable bonds is 3. The number of halogens is 7. The Balaban J connectivity index is 1.98. The van der Waals surface area contributed by atoms with E-state index >= 15 is 0 Å². The molecule has 1 fully saturated rings. The highest BCUT2D eigenvalue weighted by atomic mass is 35.5. The first-order chi connectivity index (χ1) is 13.4. The standard InChI is InChI=1S/C19H15ClF6N2O/c20-14-3-4-16(28-5-1-2-6-28)15(10-14)27-17(29)11-7-12(18(21,22)23)9-13(8-11)19(24,25)26/h3-4,7-10H,1-2,5-6H2,(H,27,29). The molecule has 0 aliphatic carbocycles. The molecule has 1 aliphatic rings. The van der Waals surface area contributed by atoms with E-state index < -0.39 is 35.0 Å². The zero-order chi connectivity index (χ0) is 21.4. The summed E-state index contributed by atoms with van der Waals surface area (Å²) in [4.78, 5) is 14.5. The number of alkyl halides is 6. The number of nitrogens with zero attached hydrogens (tertiary/aromatic N) is 1. The van der Waals surface area contributed by atoms with Gasteiger partial charge in [-0.05, 0) is 49.2 Å². The predicted molar refractivity (Wildman–Crippen MR) is 97.3 cm³/mol. The van der Waals surface area contributed by atoms with Crippen molar-refractivity contribution in [3.8, 4) is 0 Å². The van der Waals surface area contributed by atoms with Crippen molar-refractivity contribution in [3.05, 3.63) is 58.1 Å². The molecular formula is C19H15ClF6N2O. The lowest BCUT2D eigenvalue weighted by Crippen LogP contribution is -2.22. The van der Waals surface area contributed by atoms with Crippen molar-refractivity contribution in [3.63, 3.8) is 0 Å². The van der Waals surface area contributed by atoms with Gasteiger partial charge < -0.3 is 10.2 Å². The van der Waals surface area contributed by atoms with Gasteiger partial charge in [-0.1, -0.05) is 11.6 Å². The summed E-state index contributed by atoms with van der Waals surface area (Å²) < 4.78 is 78.1. The maximum atomic E-state index is 13.0. The molecule has 1 N–H and O–H groups in total. The highest BCUT2D eigenvalue weighted by Crippen LogP contribution is 2.37. The van der Waals surface area contributed by atoms with Crippen LogP contribution in [0.15, 0.2) is 36.4 Å². The fourth-order valence-corrected chi connectivity index (χ4v) is 3.29. The van der Waals surface area contributed by atoms with Crippen LogP contribution < -0.4 is 10.2 Å². The summed E-state index contributed by atoms with van der Waals surface area (Å²) in [7, 11) is 0. The highest BCUT2D eigenvalue weighted by Gasteiger charge is 2.37. The summed E-state index contributed by atoms with van der Waals surface area (Å²) in [5.74, 6) is -1.09. The lowest BCUT2D eigenvalue weighted by molar-refractivity contribution is -0.143. The van der Waals surface area contributed by atoms with E-state index in [0.29, 0.717) is 30.9 Å². The van der Waals surface area contributed by atoms with Gasteiger partial charge in [-0.2, -0.15) is 26.3 Å². The number of hydrogen-bond acceptors (Lipinski definition) is 2. The molecule has 0 bridgehead atoms. The Morgan fingerprint density at radius 3 is 1.97 bits per heavy atom. The van der Waals surface area contributed by atoms with E-state index in [1.54, 1.807) is 12.1 Å². The molecule has 0 atom stereocenters. The van der Waals surface area contributed by atoms with Gasteiger partial charge in [0.1, 0.15) is 0 Å². The van der Waals surface area contributed by atoms with E-state index in [0.717, 1.165) is 12.8 Å². The first-order valence-corrected chi connectivity index (χ1v) is 8.98. The number of anilines is 2. The summed E-state index contributed by atoms with van der Waals surface area (Å²) in [5.41, 5.74) is -3.04. The van der Waals surface area contributed by atoms with Gasteiger partial charge >= 0.3 is 12.4 Å². The molecule has 1 aliphatic heterocycles. The molecule has 0 aromatic heterocycles. The molecule has 3 nitrogen and oxygen atoms in total. The van der Waals surface area contributed by atoms with Crippen molar-refractivity contribution in [1.29, 1.82) is 0 Å². The zero-order valence-corrected chi connectivity index (χ0v) is 15.5. The Hall–Kier alpha value is -2.42. The molecule has 0 spiro atoms. The normalized spacial score (nSPS) is 14.9. The van der Waals surface area contributed by atoms with E-state index in [2.05, 4.69) is 5.32 Å². The number of carbonyl (C=O) groups is 1. The molecular weight excluding hydrogens is 422 g/mol. The van der Waals surface area contributed by atoms with Gasteiger partial charge in [0.15, 0.2) is 0 Å². The minimum atomic E-state index is -5.03. The fourth-order valence-electron chi connectivity index (χ4n) is 3.12. The molecule has 0 saturated carbocycles. The second kappa shape index (κ2) is 7.78. The average Bonchev–Trinajstić information content (AvgIpc) is 3.14. The minimum absolute atomic E-state index is 0.0220. The summed E-state index contributed by atoms with van der Waals surface area (Å²) >= 11 is 5.96. The molecule has 1 heterocycles. The van der Waals surface area contributed by atoms with E-state index in [9.17, 15) is 31.1 Å². The maximum Gasteiger partial charge on any atom is 0.416 e. The topological polar surface area (TPSA) is 32.3 Å². The molecule has 1 saturated heterocycles. The third-order valence-electron chi connectivity index (χ3n) is 4.50. The number of benzene rings is 2. The van der Waals surface area contributed by atoms with Crippen LogP contribution in [-0.4, -0.2) is 19.0 Å². The third kappa shape index (κ3) is 4.95. The van der Waals surface area contributed by atoms with Crippen molar-refractivity contribution in [2.75, 3.05) is 23.3 Å². The SMILES string of the molecule is O=C(Nc1cc(Cl)ccc1N1CCCC1)c1cc(C(F)(F)F)cc(C(F)(F)F)c1. The van der Waals surface area contributed by atoms with Crippen LogP contribution in [0.3, 0.4) is 0 Å². The summed E-state index contributed by atoms with van der Waals surface area (Å²) in [5, 5.41) is 2.67. The number of amides is 1. The predicted octanol–water partition coefficient (Wildman–Crippen LogP) is 6.23. The van der Waals surface area contributed by atoms with Gasteiger partial charge in [-0.15, -0.1) is 0 Å². The van der Waals surface area contributed by atoms with Crippen LogP contribution in [0.2, 0.25) is 5.02 Å². The van der Waals surface area contributed by atoms with E-state index in [4.69, 9.17) is 11.6 Å². The van der Waals surface area contributed by atoms with Gasteiger partial charge in [-0.3, -0.25) is 4.79 Å². The second-order valence-electron chi connectivity index (χ2n) is 6.60. The van der Waals surface area contributed by atoms with Crippen molar-refractivity contribution in [2.24, 2.45) is 0 Å². The molecule has 1 amide bonds. The molecule has 2 aromatic carbocycles. The van der Waals surface area contributed by atoms with Crippen LogP contribution in [0.4, 0.5) is 37.7 Å². The summed E-state index contributed by atoms with van der Waals surface area (Å²) in [6, 6.07) is 5.42. The Morgan fingerprint density at radius 2 is 1.45 bits per heavy atom. The Bertz CT molecular complexity index is 888. The van der Waals surface area contributed by atoms with Gasteiger partial charge in [0.05, 0.1) is 22.5 Å². The van der Waals surface area contributed by atoms with Crippen molar-refractivity contribution < 1.29 is 31.1 Å². The Morgan fingerprint density at radius 1 is 0.897 bits per heavy atom. The van der Waals surface area contributed by atoms with Crippen LogP contribution in [0.25, 0.3) is 0 Å².